The van der Waals surface area contributed by atoms with Gasteiger partial charge in [-0.2, -0.15) is 0 Å². The van der Waals surface area contributed by atoms with E-state index in [2.05, 4.69) is 46.5 Å². The Hall–Kier alpha value is -1.55. The van der Waals surface area contributed by atoms with Gasteiger partial charge in [-0.25, -0.2) is 0 Å². The lowest BCUT2D eigenvalue weighted by molar-refractivity contribution is -0.119. The zero-order valence-electron chi connectivity index (χ0n) is 17.0. The maximum atomic E-state index is 11.7. The normalized spacial score (nSPS) is 27.6. The van der Waals surface area contributed by atoms with E-state index in [0.717, 1.165) is 18.5 Å². The molecule has 1 saturated carbocycles. The molecule has 1 aliphatic carbocycles. The predicted molar refractivity (Wildman–Crippen MR) is 111 cm³/mol. The van der Waals surface area contributed by atoms with Gasteiger partial charge in [-0.05, 0) is 69.2 Å². The van der Waals surface area contributed by atoms with Crippen molar-refractivity contribution < 1.29 is 4.79 Å². The number of amides is 1. The SMILES string of the molecule is CCCC1CCC(N2CCC3(CC2)CN(NC(C)=O)c2ccccc23)CC1. The van der Waals surface area contributed by atoms with Crippen LogP contribution in [-0.4, -0.2) is 36.5 Å². The highest BCUT2D eigenvalue weighted by Crippen LogP contribution is 2.47. The van der Waals surface area contributed by atoms with Crippen LogP contribution in [0.5, 0.6) is 0 Å². The van der Waals surface area contributed by atoms with E-state index in [1.807, 2.05) is 0 Å². The second-order valence-corrected chi connectivity index (χ2v) is 9.05. The zero-order chi connectivity index (χ0) is 18.9. The van der Waals surface area contributed by atoms with E-state index in [1.165, 1.54) is 75.7 Å². The van der Waals surface area contributed by atoms with Gasteiger partial charge < -0.3 is 4.90 Å². The zero-order valence-corrected chi connectivity index (χ0v) is 17.0. The highest BCUT2D eigenvalue weighted by molar-refractivity contribution is 5.77. The summed E-state index contributed by atoms with van der Waals surface area (Å²) in [6, 6.07) is 9.47. The summed E-state index contributed by atoms with van der Waals surface area (Å²) in [6.45, 7) is 7.24. The lowest BCUT2D eigenvalue weighted by atomic mass is 9.73. The number of benzene rings is 1. The van der Waals surface area contributed by atoms with Crippen molar-refractivity contribution in [3.05, 3.63) is 29.8 Å². The Bertz CT molecular complexity index is 657. The smallest absolute Gasteiger partial charge is 0.235 e. The maximum Gasteiger partial charge on any atom is 0.235 e. The summed E-state index contributed by atoms with van der Waals surface area (Å²) in [6.07, 6.45) is 10.8. The Morgan fingerprint density at radius 2 is 1.85 bits per heavy atom. The molecule has 4 heteroatoms. The molecule has 1 spiro atoms. The van der Waals surface area contributed by atoms with Crippen LogP contribution in [0.15, 0.2) is 24.3 Å². The second-order valence-electron chi connectivity index (χ2n) is 9.05. The van der Waals surface area contributed by atoms with Gasteiger partial charge in [0.25, 0.3) is 0 Å². The minimum atomic E-state index is 0.0168. The summed E-state index contributed by atoms with van der Waals surface area (Å²) in [5.41, 5.74) is 5.88. The minimum absolute atomic E-state index is 0.0168. The lowest BCUT2D eigenvalue weighted by Gasteiger charge is -2.45. The molecule has 4 nitrogen and oxygen atoms in total. The van der Waals surface area contributed by atoms with Crippen molar-refractivity contribution in [3.8, 4) is 0 Å². The third-order valence-corrected chi connectivity index (χ3v) is 7.30. The number of carbonyl (C=O) groups is 1. The van der Waals surface area contributed by atoms with Gasteiger partial charge in [-0.3, -0.25) is 15.2 Å². The van der Waals surface area contributed by atoms with E-state index in [1.54, 1.807) is 6.92 Å². The quantitative estimate of drug-likeness (QED) is 0.862. The Labute approximate surface area is 164 Å². The Morgan fingerprint density at radius 1 is 1.15 bits per heavy atom. The molecular formula is C23H35N3O. The van der Waals surface area contributed by atoms with Gasteiger partial charge in [0.15, 0.2) is 0 Å². The fraction of sp³-hybridized carbons (Fsp3) is 0.696. The van der Waals surface area contributed by atoms with Crippen LogP contribution in [0.1, 0.15) is 70.8 Å². The number of piperidine rings is 1. The first kappa shape index (κ1) is 18.8. The number of nitrogens with one attached hydrogen (secondary N) is 1. The van der Waals surface area contributed by atoms with E-state index < -0.39 is 0 Å². The first-order chi connectivity index (χ1) is 13.1. The van der Waals surface area contributed by atoms with Crippen LogP contribution >= 0.6 is 0 Å². The van der Waals surface area contributed by atoms with Crippen LogP contribution < -0.4 is 10.4 Å². The van der Waals surface area contributed by atoms with Crippen LogP contribution in [-0.2, 0) is 10.2 Å². The van der Waals surface area contributed by atoms with Crippen molar-refractivity contribution in [3.63, 3.8) is 0 Å². The molecule has 1 aromatic rings. The van der Waals surface area contributed by atoms with E-state index in [9.17, 15) is 4.79 Å². The van der Waals surface area contributed by atoms with Gasteiger partial charge in [-0.15, -0.1) is 0 Å². The number of anilines is 1. The third-order valence-electron chi connectivity index (χ3n) is 7.30. The average Bonchev–Trinajstić information content (AvgIpc) is 2.96. The minimum Gasteiger partial charge on any atom is -0.300 e. The highest BCUT2D eigenvalue weighted by atomic mass is 16.2. The van der Waals surface area contributed by atoms with Gasteiger partial charge in [0.1, 0.15) is 0 Å². The average molecular weight is 370 g/mol. The van der Waals surface area contributed by atoms with Gasteiger partial charge in [0.05, 0.1) is 5.69 Å². The maximum absolute atomic E-state index is 11.7. The monoisotopic (exact) mass is 369 g/mol. The number of nitrogens with zero attached hydrogens (tertiary/aromatic N) is 2. The summed E-state index contributed by atoms with van der Waals surface area (Å²) in [7, 11) is 0. The van der Waals surface area contributed by atoms with Crippen LogP contribution in [0, 0.1) is 5.92 Å². The molecule has 2 fully saturated rings. The predicted octanol–water partition coefficient (Wildman–Crippen LogP) is 4.25. The fourth-order valence-electron chi connectivity index (χ4n) is 5.87. The summed E-state index contributed by atoms with van der Waals surface area (Å²) in [5.74, 6) is 0.999. The number of likely N-dealkylation sites (tertiary alicyclic amines) is 1. The van der Waals surface area contributed by atoms with Crippen molar-refractivity contribution in [1.29, 1.82) is 0 Å². The topological polar surface area (TPSA) is 35.6 Å². The molecule has 0 unspecified atom stereocenters. The molecule has 1 amide bonds. The van der Waals surface area contributed by atoms with E-state index in [0.29, 0.717) is 0 Å². The van der Waals surface area contributed by atoms with Crippen LogP contribution in [0.2, 0.25) is 0 Å². The van der Waals surface area contributed by atoms with Crippen molar-refractivity contribution in [2.24, 2.45) is 5.92 Å². The molecular weight excluding hydrogens is 334 g/mol. The molecule has 27 heavy (non-hydrogen) atoms. The first-order valence-electron chi connectivity index (χ1n) is 11.0. The number of hydrogen-bond acceptors (Lipinski definition) is 3. The molecule has 1 N–H and O–H groups in total. The van der Waals surface area contributed by atoms with Crippen molar-refractivity contribution in [1.82, 2.24) is 10.3 Å². The molecule has 0 aromatic heterocycles. The van der Waals surface area contributed by atoms with Crippen LogP contribution in [0.3, 0.4) is 0 Å². The van der Waals surface area contributed by atoms with Crippen molar-refractivity contribution >= 4 is 11.6 Å². The summed E-state index contributed by atoms with van der Waals surface area (Å²) in [5, 5.41) is 2.09. The Morgan fingerprint density at radius 3 is 2.52 bits per heavy atom. The van der Waals surface area contributed by atoms with Crippen LogP contribution in [0.4, 0.5) is 5.69 Å². The molecule has 1 saturated heterocycles. The molecule has 148 valence electrons. The van der Waals surface area contributed by atoms with Gasteiger partial charge in [-0.1, -0.05) is 38.0 Å². The summed E-state index contributed by atoms with van der Waals surface area (Å²) < 4.78 is 0. The molecule has 2 aliphatic heterocycles. The van der Waals surface area contributed by atoms with Crippen LogP contribution in [0.25, 0.3) is 0 Å². The molecule has 3 aliphatic rings. The Balaban J connectivity index is 1.41. The van der Waals surface area contributed by atoms with E-state index >= 15 is 0 Å². The molecule has 0 bridgehead atoms. The molecule has 1 aromatic carbocycles. The van der Waals surface area contributed by atoms with E-state index in [4.69, 9.17) is 0 Å². The van der Waals surface area contributed by atoms with Crippen molar-refractivity contribution in [2.45, 2.75) is 76.7 Å². The molecule has 0 radical (unpaired) electrons. The molecule has 2 heterocycles. The van der Waals surface area contributed by atoms with E-state index in [-0.39, 0.29) is 11.3 Å². The first-order valence-corrected chi connectivity index (χ1v) is 11.0. The third kappa shape index (κ3) is 3.73. The summed E-state index contributed by atoms with van der Waals surface area (Å²) >= 11 is 0. The summed E-state index contributed by atoms with van der Waals surface area (Å²) in [4.78, 5) is 14.4. The Kier molecular flexibility index (Phi) is 5.45. The number of para-hydroxylation sites is 1. The number of rotatable bonds is 4. The fourth-order valence-corrected chi connectivity index (χ4v) is 5.87. The van der Waals surface area contributed by atoms with Crippen molar-refractivity contribution in [2.75, 3.05) is 24.6 Å². The standard InChI is InChI=1S/C23H35N3O/c1-3-6-19-9-11-20(12-10-19)25-15-13-23(14-16-25)17-26(24-18(2)27)22-8-5-4-7-21(22)23/h4-5,7-8,19-20H,3,6,9-17H2,1-2H3,(H,24,27). The number of hydrazine groups is 1. The molecule has 0 atom stereocenters. The molecule has 4 rings (SSSR count). The highest BCUT2D eigenvalue weighted by Gasteiger charge is 2.45. The number of carbonyl (C=O) groups excluding carboxylic acids is 1. The number of hydrogen-bond donors (Lipinski definition) is 1. The van der Waals surface area contributed by atoms with Gasteiger partial charge >= 0.3 is 0 Å². The second kappa shape index (κ2) is 7.83. The number of fused-ring (bicyclic) bond motifs is 2. The largest absolute Gasteiger partial charge is 0.300 e. The lowest BCUT2D eigenvalue weighted by Crippen LogP contribution is -2.51. The van der Waals surface area contributed by atoms with Gasteiger partial charge in [0.2, 0.25) is 5.91 Å². The van der Waals surface area contributed by atoms with Gasteiger partial charge in [0, 0.05) is 24.9 Å².